The van der Waals surface area contributed by atoms with E-state index < -0.39 is 17.6 Å². The van der Waals surface area contributed by atoms with Crippen molar-refractivity contribution < 1.29 is 18.7 Å². The molecule has 0 heterocycles. The number of rotatable bonds is 5. The van der Waals surface area contributed by atoms with Gasteiger partial charge in [-0.25, -0.2) is 4.39 Å². The molecular weight excluding hydrogens is 391 g/mol. The van der Waals surface area contributed by atoms with Crippen molar-refractivity contribution in [2.24, 2.45) is 0 Å². The second-order valence-electron chi connectivity index (χ2n) is 5.08. The lowest BCUT2D eigenvalue weighted by Gasteiger charge is -2.08. The van der Waals surface area contributed by atoms with Crippen LogP contribution >= 0.6 is 15.9 Å². The minimum absolute atomic E-state index is 0.00272. The summed E-state index contributed by atoms with van der Waals surface area (Å²) in [6.45, 7) is 1.28. The Balaban J connectivity index is 2.12. The van der Waals surface area contributed by atoms with Crippen LogP contribution in [0.25, 0.3) is 6.08 Å². The van der Waals surface area contributed by atoms with Crippen molar-refractivity contribution >= 4 is 45.2 Å². The van der Waals surface area contributed by atoms with Gasteiger partial charge in [0.1, 0.15) is 11.6 Å². The molecule has 130 valence electrons. The Morgan fingerprint density at radius 2 is 1.92 bits per heavy atom. The van der Waals surface area contributed by atoms with Gasteiger partial charge in [0.05, 0.1) is 12.8 Å². The van der Waals surface area contributed by atoms with Gasteiger partial charge in [-0.3, -0.25) is 9.59 Å². The molecule has 0 atom stereocenters. The summed E-state index contributed by atoms with van der Waals surface area (Å²) in [5, 5.41) is 4.97. The van der Waals surface area contributed by atoms with Gasteiger partial charge in [0.25, 0.3) is 0 Å². The molecule has 0 bridgehead atoms. The SMILES string of the molecule is COc1ccc(Br)cc1C=CC(=O)Nc1ccc(F)c(NC(C)=O)c1. The molecule has 0 unspecified atom stereocenters. The average Bonchev–Trinajstić information content (AvgIpc) is 2.55. The van der Waals surface area contributed by atoms with Gasteiger partial charge < -0.3 is 15.4 Å². The molecule has 0 aliphatic rings. The first-order valence-electron chi connectivity index (χ1n) is 7.29. The third-order valence-corrected chi connectivity index (χ3v) is 3.64. The Kier molecular flexibility index (Phi) is 6.30. The zero-order valence-electron chi connectivity index (χ0n) is 13.6. The van der Waals surface area contributed by atoms with E-state index in [4.69, 9.17) is 4.74 Å². The van der Waals surface area contributed by atoms with Gasteiger partial charge in [0.2, 0.25) is 11.8 Å². The number of hydrogen-bond donors (Lipinski definition) is 2. The van der Waals surface area contributed by atoms with Crippen molar-refractivity contribution in [2.75, 3.05) is 17.7 Å². The number of nitrogens with one attached hydrogen (secondary N) is 2. The van der Waals surface area contributed by atoms with E-state index in [0.29, 0.717) is 11.4 Å². The van der Waals surface area contributed by atoms with E-state index in [0.717, 1.165) is 10.0 Å². The molecular formula is C18H16BrFN2O3. The van der Waals surface area contributed by atoms with Crippen molar-refractivity contribution in [1.82, 2.24) is 0 Å². The van der Waals surface area contributed by atoms with Crippen LogP contribution in [0.15, 0.2) is 46.9 Å². The summed E-state index contributed by atoms with van der Waals surface area (Å²) >= 11 is 3.36. The Morgan fingerprint density at radius 1 is 1.16 bits per heavy atom. The highest BCUT2D eigenvalue weighted by Gasteiger charge is 2.07. The van der Waals surface area contributed by atoms with E-state index in [9.17, 15) is 14.0 Å². The first-order chi connectivity index (χ1) is 11.9. The smallest absolute Gasteiger partial charge is 0.248 e. The molecule has 5 nitrogen and oxygen atoms in total. The standard InChI is InChI=1S/C18H16BrFN2O3/c1-11(23)21-16-10-14(5-6-15(16)20)22-18(24)8-3-12-9-13(19)4-7-17(12)25-2/h3-10H,1-2H3,(H,21,23)(H,22,24). The molecule has 0 aliphatic carbocycles. The number of halogens is 2. The highest BCUT2D eigenvalue weighted by Crippen LogP contribution is 2.24. The fourth-order valence-corrected chi connectivity index (χ4v) is 2.45. The Hall–Kier alpha value is -2.67. The van der Waals surface area contributed by atoms with Crippen LogP contribution in [-0.2, 0) is 9.59 Å². The van der Waals surface area contributed by atoms with Crippen LogP contribution in [0.3, 0.4) is 0 Å². The molecule has 2 aromatic rings. The third-order valence-electron chi connectivity index (χ3n) is 3.15. The maximum Gasteiger partial charge on any atom is 0.248 e. The first-order valence-corrected chi connectivity index (χ1v) is 8.08. The number of carbonyl (C=O) groups excluding carboxylic acids is 2. The molecule has 2 aromatic carbocycles. The molecule has 2 rings (SSSR count). The van der Waals surface area contributed by atoms with Crippen molar-refractivity contribution in [3.63, 3.8) is 0 Å². The summed E-state index contributed by atoms with van der Waals surface area (Å²) in [5.74, 6) is -0.754. The molecule has 7 heteroatoms. The van der Waals surface area contributed by atoms with Gasteiger partial charge in [-0.15, -0.1) is 0 Å². The number of hydrogen-bond acceptors (Lipinski definition) is 3. The summed E-state index contributed by atoms with van der Waals surface area (Å²) in [5.41, 5.74) is 1.09. The lowest BCUT2D eigenvalue weighted by atomic mass is 10.2. The largest absolute Gasteiger partial charge is 0.496 e. The monoisotopic (exact) mass is 406 g/mol. The molecule has 2 amide bonds. The first kappa shape index (κ1) is 18.7. The second-order valence-corrected chi connectivity index (χ2v) is 6.00. The molecule has 0 radical (unpaired) electrons. The lowest BCUT2D eigenvalue weighted by Crippen LogP contribution is -2.10. The van der Waals surface area contributed by atoms with Crippen LogP contribution in [0.2, 0.25) is 0 Å². The van der Waals surface area contributed by atoms with Crippen LogP contribution in [0.5, 0.6) is 5.75 Å². The number of benzene rings is 2. The fourth-order valence-electron chi connectivity index (χ4n) is 2.07. The minimum atomic E-state index is -0.581. The summed E-state index contributed by atoms with van der Waals surface area (Å²) in [6.07, 6.45) is 2.95. The molecule has 0 aliphatic heterocycles. The zero-order valence-corrected chi connectivity index (χ0v) is 15.2. The Morgan fingerprint density at radius 3 is 2.60 bits per heavy atom. The van der Waals surface area contributed by atoms with Crippen molar-refractivity contribution in [2.45, 2.75) is 6.92 Å². The van der Waals surface area contributed by atoms with E-state index in [1.54, 1.807) is 19.3 Å². The van der Waals surface area contributed by atoms with Crippen LogP contribution in [-0.4, -0.2) is 18.9 Å². The van der Waals surface area contributed by atoms with Crippen molar-refractivity contribution in [3.8, 4) is 5.75 Å². The van der Waals surface area contributed by atoms with E-state index in [1.165, 1.54) is 31.2 Å². The molecule has 2 N–H and O–H groups in total. The number of methoxy groups -OCH3 is 1. The van der Waals surface area contributed by atoms with Gasteiger partial charge in [0, 0.05) is 28.7 Å². The van der Waals surface area contributed by atoms with Crippen LogP contribution in [0, 0.1) is 5.82 Å². The Bertz CT molecular complexity index is 837. The lowest BCUT2D eigenvalue weighted by molar-refractivity contribution is -0.114. The fraction of sp³-hybridized carbons (Fsp3) is 0.111. The highest BCUT2D eigenvalue weighted by molar-refractivity contribution is 9.10. The summed E-state index contributed by atoms with van der Waals surface area (Å²) in [6, 6.07) is 9.35. The molecule has 0 saturated carbocycles. The predicted molar refractivity (Wildman–Crippen MR) is 99.1 cm³/mol. The average molecular weight is 407 g/mol. The highest BCUT2D eigenvalue weighted by atomic mass is 79.9. The number of amides is 2. The second kappa shape index (κ2) is 8.43. The maximum atomic E-state index is 13.6. The van der Waals surface area contributed by atoms with E-state index in [2.05, 4.69) is 26.6 Å². The van der Waals surface area contributed by atoms with Gasteiger partial charge in [-0.1, -0.05) is 15.9 Å². The van der Waals surface area contributed by atoms with Gasteiger partial charge >= 0.3 is 0 Å². The third kappa shape index (κ3) is 5.42. The predicted octanol–water partition coefficient (Wildman–Crippen LogP) is 4.21. The topological polar surface area (TPSA) is 67.4 Å². The molecule has 0 aromatic heterocycles. The van der Waals surface area contributed by atoms with Crippen LogP contribution < -0.4 is 15.4 Å². The van der Waals surface area contributed by atoms with Crippen LogP contribution in [0.4, 0.5) is 15.8 Å². The zero-order chi connectivity index (χ0) is 18.4. The molecule has 0 spiro atoms. The maximum absolute atomic E-state index is 13.6. The van der Waals surface area contributed by atoms with Crippen LogP contribution in [0.1, 0.15) is 12.5 Å². The van der Waals surface area contributed by atoms with E-state index in [1.807, 2.05) is 12.1 Å². The van der Waals surface area contributed by atoms with Crippen molar-refractivity contribution in [1.29, 1.82) is 0 Å². The number of ether oxygens (including phenoxy) is 1. The summed E-state index contributed by atoms with van der Waals surface area (Å²) < 4.78 is 19.7. The quantitative estimate of drug-likeness (QED) is 0.730. The minimum Gasteiger partial charge on any atom is -0.496 e. The summed E-state index contributed by atoms with van der Waals surface area (Å²) in [4.78, 5) is 23.1. The number of carbonyl (C=O) groups is 2. The van der Waals surface area contributed by atoms with E-state index >= 15 is 0 Å². The van der Waals surface area contributed by atoms with Gasteiger partial charge in [-0.2, -0.15) is 0 Å². The molecule has 0 fully saturated rings. The van der Waals surface area contributed by atoms with E-state index in [-0.39, 0.29) is 5.69 Å². The summed E-state index contributed by atoms with van der Waals surface area (Å²) in [7, 11) is 1.54. The molecule has 25 heavy (non-hydrogen) atoms. The normalized spacial score (nSPS) is 10.6. The Labute approximate surface area is 153 Å². The van der Waals surface area contributed by atoms with Crippen molar-refractivity contribution in [3.05, 3.63) is 58.3 Å². The molecule has 0 saturated heterocycles. The number of anilines is 2. The van der Waals surface area contributed by atoms with Gasteiger partial charge in [-0.05, 0) is 42.5 Å². The van der Waals surface area contributed by atoms with Gasteiger partial charge in [0.15, 0.2) is 0 Å².